The lowest BCUT2D eigenvalue weighted by atomic mass is 10.2. The van der Waals surface area contributed by atoms with Crippen molar-refractivity contribution < 1.29 is 9.47 Å². The molecule has 1 aromatic rings. The van der Waals surface area contributed by atoms with E-state index in [-0.39, 0.29) is 0 Å². The highest BCUT2D eigenvalue weighted by molar-refractivity contribution is 5.25. The van der Waals surface area contributed by atoms with Gasteiger partial charge in [-0.3, -0.25) is 0 Å². The van der Waals surface area contributed by atoms with Gasteiger partial charge in [0.1, 0.15) is 0 Å². The molecular formula is C13H25N3O2. The number of hydrogen-bond acceptors (Lipinski definition) is 4. The Bertz CT molecular complexity index is 313. The van der Waals surface area contributed by atoms with Gasteiger partial charge in [-0.05, 0) is 12.3 Å². The summed E-state index contributed by atoms with van der Waals surface area (Å²) in [5.74, 6) is 1.48. The number of ether oxygens (including phenoxy) is 2. The maximum Gasteiger partial charge on any atom is 0.202 e. The molecule has 0 aliphatic rings. The van der Waals surface area contributed by atoms with Crippen molar-refractivity contribution in [2.24, 2.45) is 5.92 Å². The summed E-state index contributed by atoms with van der Waals surface area (Å²) in [5.41, 5.74) is 0. The molecule has 1 heterocycles. The molecule has 104 valence electrons. The van der Waals surface area contributed by atoms with Crippen LogP contribution in [0.4, 0.5) is 5.95 Å². The second kappa shape index (κ2) is 8.94. The quantitative estimate of drug-likeness (QED) is 0.650. The lowest BCUT2D eigenvalue weighted by Crippen LogP contribution is -2.13. The standard InChI is InChI=1S/C13H25N3O2/c1-12(2)11-18-10-8-16-7-6-15-13(16)14-5-4-9-17-3/h6-7,12H,4-5,8-11H2,1-3H3,(H,14,15). The Hall–Kier alpha value is -1.07. The number of nitrogens with zero attached hydrogens (tertiary/aromatic N) is 2. The largest absolute Gasteiger partial charge is 0.385 e. The van der Waals surface area contributed by atoms with E-state index in [0.717, 1.165) is 45.3 Å². The summed E-state index contributed by atoms with van der Waals surface area (Å²) in [6.07, 6.45) is 4.76. The van der Waals surface area contributed by atoms with Gasteiger partial charge >= 0.3 is 0 Å². The van der Waals surface area contributed by atoms with Gasteiger partial charge in [-0.15, -0.1) is 0 Å². The Morgan fingerprint density at radius 3 is 2.94 bits per heavy atom. The molecule has 5 heteroatoms. The van der Waals surface area contributed by atoms with E-state index in [1.807, 2.05) is 6.20 Å². The first-order chi connectivity index (χ1) is 8.74. The van der Waals surface area contributed by atoms with Crippen LogP contribution in [0, 0.1) is 5.92 Å². The Morgan fingerprint density at radius 1 is 1.39 bits per heavy atom. The third-order valence-corrected chi connectivity index (χ3v) is 2.45. The van der Waals surface area contributed by atoms with E-state index in [4.69, 9.17) is 9.47 Å². The molecule has 1 aromatic heterocycles. The molecule has 0 aromatic carbocycles. The van der Waals surface area contributed by atoms with Gasteiger partial charge in [0.15, 0.2) is 0 Å². The van der Waals surface area contributed by atoms with Gasteiger partial charge in [-0.25, -0.2) is 4.98 Å². The first-order valence-corrected chi connectivity index (χ1v) is 6.55. The van der Waals surface area contributed by atoms with Crippen LogP contribution >= 0.6 is 0 Å². The summed E-state index contributed by atoms with van der Waals surface area (Å²) in [4.78, 5) is 4.28. The Balaban J connectivity index is 2.22. The number of methoxy groups -OCH3 is 1. The summed E-state index contributed by atoms with van der Waals surface area (Å²) in [6, 6.07) is 0. The van der Waals surface area contributed by atoms with Crippen molar-refractivity contribution in [3.05, 3.63) is 12.4 Å². The van der Waals surface area contributed by atoms with Crippen LogP contribution in [0.25, 0.3) is 0 Å². The molecule has 1 N–H and O–H groups in total. The van der Waals surface area contributed by atoms with Crippen molar-refractivity contribution in [2.45, 2.75) is 26.8 Å². The topological polar surface area (TPSA) is 48.3 Å². The highest BCUT2D eigenvalue weighted by atomic mass is 16.5. The van der Waals surface area contributed by atoms with Crippen molar-refractivity contribution in [3.63, 3.8) is 0 Å². The molecule has 0 atom stereocenters. The maximum atomic E-state index is 5.57. The smallest absolute Gasteiger partial charge is 0.202 e. The fourth-order valence-electron chi connectivity index (χ4n) is 1.56. The van der Waals surface area contributed by atoms with Crippen LogP contribution in [-0.4, -0.2) is 43.0 Å². The lowest BCUT2D eigenvalue weighted by molar-refractivity contribution is 0.103. The molecule has 0 saturated heterocycles. The summed E-state index contributed by atoms with van der Waals surface area (Å²) >= 11 is 0. The van der Waals surface area contributed by atoms with Crippen LogP contribution in [0.1, 0.15) is 20.3 Å². The number of aromatic nitrogens is 2. The van der Waals surface area contributed by atoms with Crippen LogP contribution in [-0.2, 0) is 16.0 Å². The van der Waals surface area contributed by atoms with E-state index in [9.17, 15) is 0 Å². The van der Waals surface area contributed by atoms with Crippen molar-refractivity contribution >= 4 is 5.95 Å². The first-order valence-electron chi connectivity index (χ1n) is 6.55. The Kier molecular flexibility index (Phi) is 7.44. The summed E-state index contributed by atoms with van der Waals surface area (Å²) in [7, 11) is 1.72. The van der Waals surface area contributed by atoms with E-state index >= 15 is 0 Å². The van der Waals surface area contributed by atoms with Crippen molar-refractivity contribution in [2.75, 3.05) is 38.8 Å². The maximum absolute atomic E-state index is 5.57. The molecule has 0 radical (unpaired) electrons. The van der Waals surface area contributed by atoms with Crippen molar-refractivity contribution in [1.82, 2.24) is 9.55 Å². The molecule has 0 amide bonds. The lowest BCUT2D eigenvalue weighted by Gasteiger charge is -2.11. The average Bonchev–Trinajstić information content (AvgIpc) is 2.78. The van der Waals surface area contributed by atoms with Crippen molar-refractivity contribution in [1.29, 1.82) is 0 Å². The molecule has 1 rings (SSSR count). The highest BCUT2D eigenvalue weighted by Crippen LogP contribution is 2.04. The van der Waals surface area contributed by atoms with Gasteiger partial charge in [-0.2, -0.15) is 0 Å². The molecule has 0 unspecified atom stereocenters. The van der Waals surface area contributed by atoms with Gasteiger partial charge in [0.05, 0.1) is 6.61 Å². The minimum Gasteiger partial charge on any atom is -0.385 e. The Morgan fingerprint density at radius 2 is 2.22 bits per heavy atom. The molecule has 0 fully saturated rings. The molecule has 0 aliphatic heterocycles. The molecule has 0 bridgehead atoms. The number of rotatable bonds is 10. The normalized spacial score (nSPS) is 11.1. The minimum absolute atomic E-state index is 0.583. The van der Waals surface area contributed by atoms with Crippen LogP contribution in [0.15, 0.2) is 12.4 Å². The molecule has 0 saturated carbocycles. The van der Waals surface area contributed by atoms with Crippen LogP contribution < -0.4 is 5.32 Å². The SMILES string of the molecule is COCCCNc1nccn1CCOCC(C)C. The summed E-state index contributed by atoms with van der Waals surface area (Å²) in [6.45, 7) is 8.31. The predicted octanol–water partition coefficient (Wildman–Crippen LogP) is 2.00. The fraction of sp³-hybridized carbons (Fsp3) is 0.769. The van der Waals surface area contributed by atoms with E-state index in [1.165, 1.54) is 0 Å². The van der Waals surface area contributed by atoms with Crippen LogP contribution in [0.5, 0.6) is 0 Å². The van der Waals surface area contributed by atoms with Gasteiger partial charge in [0.25, 0.3) is 0 Å². The number of nitrogens with one attached hydrogen (secondary N) is 1. The first kappa shape index (κ1) is 15.0. The van der Waals surface area contributed by atoms with Gasteiger partial charge in [0, 0.05) is 45.8 Å². The molecule has 18 heavy (non-hydrogen) atoms. The number of hydrogen-bond donors (Lipinski definition) is 1. The summed E-state index contributed by atoms with van der Waals surface area (Å²) in [5, 5.41) is 3.29. The number of imidazole rings is 1. The van der Waals surface area contributed by atoms with Gasteiger partial charge in [0.2, 0.25) is 5.95 Å². The minimum atomic E-state index is 0.583. The second-order valence-electron chi connectivity index (χ2n) is 4.69. The molecule has 5 nitrogen and oxygen atoms in total. The zero-order valence-electron chi connectivity index (χ0n) is 11.7. The zero-order chi connectivity index (χ0) is 13.2. The van der Waals surface area contributed by atoms with Crippen LogP contribution in [0.2, 0.25) is 0 Å². The zero-order valence-corrected chi connectivity index (χ0v) is 11.7. The van der Waals surface area contributed by atoms with Gasteiger partial charge in [-0.1, -0.05) is 13.8 Å². The monoisotopic (exact) mass is 255 g/mol. The molecule has 0 spiro atoms. The average molecular weight is 255 g/mol. The fourth-order valence-corrected chi connectivity index (χ4v) is 1.56. The van der Waals surface area contributed by atoms with Crippen LogP contribution in [0.3, 0.4) is 0 Å². The van der Waals surface area contributed by atoms with Gasteiger partial charge < -0.3 is 19.4 Å². The number of anilines is 1. The highest BCUT2D eigenvalue weighted by Gasteiger charge is 2.02. The van der Waals surface area contributed by atoms with Crippen molar-refractivity contribution in [3.8, 4) is 0 Å². The molecular weight excluding hydrogens is 230 g/mol. The second-order valence-corrected chi connectivity index (χ2v) is 4.69. The van der Waals surface area contributed by atoms with E-state index < -0.39 is 0 Å². The third kappa shape index (κ3) is 6.02. The predicted molar refractivity (Wildman–Crippen MR) is 72.9 cm³/mol. The van der Waals surface area contributed by atoms with E-state index in [1.54, 1.807) is 13.3 Å². The summed E-state index contributed by atoms with van der Waals surface area (Å²) < 4.78 is 12.7. The third-order valence-electron chi connectivity index (χ3n) is 2.45. The van der Waals surface area contributed by atoms with E-state index in [2.05, 4.69) is 28.7 Å². The molecule has 0 aliphatic carbocycles. The Labute approximate surface area is 109 Å². The van der Waals surface area contributed by atoms with E-state index in [0.29, 0.717) is 5.92 Å².